The Balaban J connectivity index is 1.97. The van der Waals surface area contributed by atoms with Crippen molar-refractivity contribution >= 4 is 27.2 Å². The zero-order valence-corrected chi connectivity index (χ0v) is 12.8. The predicted molar refractivity (Wildman–Crippen MR) is 76.8 cm³/mol. The van der Waals surface area contributed by atoms with Crippen molar-refractivity contribution in [3.8, 4) is 11.5 Å². The van der Waals surface area contributed by atoms with Crippen LogP contribution in [0.15, 0.2) is 28.7 Å². The Labute approximate surface area is 128 Å². The molecule has 7 nitrogen and oxygen atoms in total. The zero-order chi connectivity index (χ0) is 14.8. The van der Waals surface area contributed by atoms with Crippen LogP contribution >= 0.6 is 0 Å². The second-order valence-electron chi connectivity index (χ2n) is 4.69. The maximum atomic E-state index is 10.7. The van der Waals surface area contributed by atoms with Crippen molar-refractivity contribution in [3.05, 3.63) is 38.8 Å². The first-order valence-electron chi connectivity index (χ1n) is 6.52. The molecule has 0 unspecified atom stereocenters. The number of hydrogen-bond donors (Lipinski definition) is 0. The Kier molecular flexibility index (Phi) is 3.81. The Bertz CT molecular complexity index is 723. The number of aromatic nitrogens is 2. The third-order valence-electron chi connectivity index (χ3n) is 3.29. The number of hydrogen-bond acceptors (Lipinski definition) is 6. The number of benzene rings is 1. The molecule has 1 aromatic carbocycles. The van der Waals surface area contributed by atoms with Crippen LogP contribution in [0.25, 0.3) is 11.5 Å². The molecule has 0 atom stereocenters. The monoisotopic (exact) mass is 352 g/mol. The average molecular weight is 351 g/mol. The van der Waals surface area contributed by atoms with Gasteiger partial charge in [0.2, 0.25) is 0 Å². The molecule has 2 heterocycles. The summed E-state index contributed by atoms with van der Waals surface area (Å²) in [4.78, 5) is 21.0. The van der Waals surface area contributed by atoms with E-state index in [9.17, 15) is 10.1 Å². The molecule has 1 aliphatic heterocycles. The Morgan fingerprint density at radius 3 is 2.48 bits per heavy atom. The first-order valence-corrected chi connectivity index (χ1v) is 7.38. The van der Waals surface area contributed by atoms with E-state index in [1.54, 1.807) is 12.1 Å². The van der Waals surface area contributed by atoms with E-state index in [1.807, 2.05) is 0 Å². The van der Waals surface area contributed by atoms with Crippen molar-refractivity contribution in [2.75, 3.05) is 18.0 Å². The van der Waals surface area contributed by atoms with Gasteiger partial charge in [-0.2, -0.15) is 0 Å². The summed E-state index contributed by atoms with van der Waals surface area (Å²) in [6.07, 6.45) is 2.26. The fraction of sp³-hybridized carbons (Fsp3) is 0.308. The Hall–Kier alpha value is -2.05. The summed E-state index contributed by atoms with van der Waals surface area (Å²) in [5, 5.41) is 10.7. The second kappa shape index (κ2) is 5.75. The summed E-state index contributed by atoms with van der Waals surface area (Å²) in [6.45, 7) is 1.87. The minimum absolute atomic E-state index is 0.0378. The number of non-ortho nitro benzene ring substituents is 1. The molecule has 0 radical (unpaired) electrons. The molecule has 8 heteroatoms. The summed E-state index contributed by atoms with van der Waals surface area (Å²) in [7, 11) is 0. The van der Waals surface area contributed by atoms with Crippen molar-refractivity contribution in [1.29, 1.82) is 0 Å². The molecule has 0 saturated carbocycles. The van der Waals surface area contributed by atoms with Gasteiger partial charge in [-0.1, -0.05) is 0 Å². The van der Waals surface area contributed by atoms with Crippen LogP contribution in [-0.2, 0) is 0 Å². The maximum absolute atomic E-state index is 10.7. The SMILES string of the molecule is O=[N+]([O-])c1ccc(-c2nc(N3CCCC3)nc(=[Se])o2)cc1. The van der Waals surface area contributed by atoms with Crippen LogP contribution in [0.3, 0.4) is 0 Å². The molecule has 0 amide bonds. The van der Waals surface area contributed by atoms with Gasteiger partial charge in [0.15, 0.2) is 0 Å². The fourth-order valence-electron chi connectivity index (χ4n) is 2.23. The molecule has 1 saturated heterocycles. The van der Waals surface area contributed by atoms with Crippen molar-refractivity contribution in [2.45, 2.75) is 12.8 Å². The Morgan fingerprint density at radius 2 is 1.86 bits per heavy atom. The number of rotatable bonds is 3. The summed E-state index contributed by atoms with van der Waals surface area (Å²) >= 11 is 2.75. The normalized spacial score (nSPS) is 14.4. The van der Waals surface area contributed by atoms with Crippen molar-refractivity contribution < 1.29 is 9.34 Å². The van der Waals surface area contributed by atoms with Crippen LogP contribution < -0.4 is 4.90 Å². The molecule has 108 valence electrons. The van der Waals surface area contributed by atoms with E-state index in [1.165, 1.54) is 12.1 Å². The van der Waals surface area contributed by atoms with Crippen LogP contribution in [-0.4, -0.2) is 43.6 Å². The van der Waals surface area contributed by atoms with Gasteiger partial charge < -0.3 is 0 Å². The Morgan fingerprint density at radius 1 is 1.19 bits per heavy atom. The van der Waals surface area contributed by atoms with Gasteiger partial charge in [0.1, 0.15) is 0 Å². The summed E-state index contributed by atoms with van der Waals surface area (Å²) < 4.78 is 5.89. The first kappa shape index (κ1) is 13.9. The van der Waals surface area contributed by atoms with E-state index in [0.717, 1.165) is 25.9 Å². The zero-order valence-electron chi connectivity index (χ0n) is 11.1. The fourth-order valence-corrected chi connectivity index (χ4v) is 2.57. The number of anilines is 1. The molecule has 1 aromatic heterocycles. The molecule has 0 bridgehead atoms. The third kappa shape index (κ3) is 3.01. The van der Waals surface area contributed by atoms with Gasteiger partial charge in [-0.05, 0) is 0 Å². The number of nitrogens with zero attached hydrogens (tertiary/aromatic N) is 4. The van der Waals surface area contributed by atoms with Crippen LogP contribution in [0, 0.1) is 14.5 Å². The van der Waals surface area contributed by atoms with Gasteiger partial charge in [-0.25, -0.2) is 0 Å². The van der Waals surface area contributed by atoms with Crippen molar-refractivity contribution in [2.24, 2.45) is 0 Å². The molecule has 2 aromatic rings. The molecule has 0 spiro atoms. The van der Waals surface area contributed by atoms with E-state index in [2.05, 4.69) is 30.4 Å². The predicted octanol–water partition coefficient (Wildman–Crippen LogP) is 1.95. The summed E-state index contributed by atoms with van der Waals surface area (Å²) in [5.74, 6) is 1.02. The molecule has 1 aliphatic rings. The van der Waals surface area contributed by atoms with Crippen LogP contribution in [0.1, 0.15) is 12.8 Å². The van der Waals surface area contributed by atoms with E-state index in [-0.39, 0.29) is 5.69 Å². The van der Waals surface area contributed by atoms with Crippen LogP contribution in [0.2, 0.25) is 0 Å². The number of nitro groups is 1. The standard InChI is InChI=1S/C13H12N4O3Se/c18-17(19)10-5-3-9(4-6-10)11-14-12(15-13(21)20-11)16-7-1-2-8-16/h3-6H,1-2,7-8H2. The molecule has 0 N–H and O–H groups in total. The van der Waals surface area contributed by atoms with Crippen molar-refractivity contribution in [3.63, 3.8) is 0 Å². The van der Waals surface area contributed by atoms with Gasteiger partial charge in [0, 0.05) is 0 Å². The van der Waals surface area contributed by atoms with E-state index < -0.39 is 4.92 Å². The molecule has 3 rings (SSSR count). The third-order valence-corrected chi connectivity index (χ3v) is 3.66. The average Bonchev–Trinajstić information content (AvgIpc) is 3.01. The van der Waals surface area contributed by atoms with Gasteiger partial charge in [0.05, 0.1) is 0 Å². The van der Waals surface area contributed by atoms with E-state index in [4.69, 9.17) is 4.42 Å². The van der Waals surface area contributed by atoms with E-state index >= 15 is 0 Å². The van der Waals surface area contributed by atoms with Gasteiger partial charge in [-0.3, -0.25) is 0 Å². The first-order chi connectivity index (χ1) is 10.1. The van der Waals surface area contributed by atoms with Crippen molar-refractivity contribution in [1.82, 2.24) is 9.97 Å². The summed E-state index contributed by atoms with van der Waals surface area (Å²) in [6, 6.07) is 6.11. The molecular formula is C13H12N4O3Se. The quantitative estimate of drug-likeness (QED) is 0.477. The van der Waals surface area contributed by atoms with Crippen LogP contribution in [0.5, 0.6) is 0 Å². The van der Waals surface area contributed by atoms with Gasteiger partial charge >= 0.3 is 128 Å². The minimum atomic E-state index is -0.435. The van der Waals surface area contributed by atoms with Crippen LogP contribution in [0.4, 0.5) is 11.6 Å². The van der Waals surface area contributed by atoms with Gasteiger partial charge in [0.25, 0.3) is 0 Å². The molecule has 21 heavy (non-hydrogen) atoms. The molecule has 1 fully saturated rings. The topological polar surface area (TPSA) is 85.3 Å². The number of nitro benzene ring substituents is 1. The second-order valence-corrected chi connectivity index (χ2v) is 5.43. The summed E-state index contributed by atoms with van der Waals surface area (Å²) in [5.41, 5.74) is 0.718. The molecular weight excluding hydrogens is 339 g/mol. The molecule has 0 aliphatic carbocycles. The van der Waals surface area contributed by atoms with Gasteiger partial charge in [-0.15, -0.1) is 0 Å². The van der Waals surface area contributed by atoms with E-state index in [0.29, 0.717) is 21.8 Å².